The van der Waals surface area contributed by atoms with E-state index >= 15 is 0 Å². The fourth-order valence-corrected chi connectivity index (χ4v) is 3.76. The van der Waals surface area contributed by atoms with Crippen LogP contribution in [0, 0.1) is 0 Å². The highest BCUT2D eigenvalue weighted by Gasteiger charge is 2.33. The second-order valence-corrected chi connectivity index (χ2v) is 8.82. The van der Waals surface area contributed by atoms with Gasteiger partial charge in [-0.3, -0.25) is 14.4 Å². The van der Waals surface area contributed by atoms with Gasteiger partial charge in [0, 0.05) is 23.5 Å². The van der Waals surface area contributed by atoms with E-state index < -0.39 is 60.6 Å². The maximum Gasteiger partial charge on any atom is 0.326 e. The maximum absolute atomic E-state index is 13.0. The number of fused-ring (bicyclic) bond motifs is 1. The van der Waals surface area contributed by atoms with Crippen LogP contribution in [-0.2, 0) is 25.6 Å². The predicted octanol–water partition coefficient (Wildman–Crippen LogP) is -1.92. The van der Waals surface area contributed by atoms with Crippen LogP contribution in [0.4, 0.5) is 0 Å². The molecule has 0 bridgehead atoms. The average Bonchev–Trinajstić information content (AvgIpc) is 3.27. The molecule has 11 N–H and O–H groups in total. The summed E-state index contributed by atoms with van der Waals surface area (Å²) in [6.45, 7) is 1.00. The summed E-state index contributed by atoms with van der Waals surface area (Å²) >= 11 is 0. The molecule has 0 saturated carbocycles. The molecule has 13 nitrogen and oxygen atoms in total. The number of H-pyrrole nitrogens is 1. The highest BCUT2D eigenvalue weighted by molar-refractivity contribution is 5.94. The minimum absolute atomic E-state index is 0.0393. The second kappa shape index (κ2) is 14.3. The number of aromatic amines is 1. The summed E-state index contributed by atoms with van der Waals surface area (Å²) in [5, 5.41) is 37.0. The number of hydrogen-bond acceptors (Lipinski definition) is 8. The van der Waals surface area contributed by atoms with Gasteiger partial charge in [-0.2, -0.15) is 0 Å². The summed E-state index contributed by atoms with van der Waals surface area (Å²) in [6.07, 6.45) is 1.45. The van der Waals surface area contributed by atoms with Gasteiger partial charge < -0.3 is 47.7 Å². The molecule has 1 aromatic heterocycles. The normalized spacial score (nSPS) is 15.3. The quantitative estimate of drug-likeness (QED) is 0.119. The summed E-state index contributed by atoms with van der Waals surface area (Å²) in [6, 6.07) is 2.09. The molecule has 1 aromatic carbocycles. The molecule has 0 saturated heterocycles. The zero-order valence-electron chi connectivity index (χ0n) is 20.6. The molecule has 5 unspecified atom stereocenters. The van der Waals surface area contributed by atoms with Crippen LogP contribution in [0.2, 0.25) is 0 Å². The van der Waals surface area contributed by atoms with Crippen molar-refractivity contribution in [1.29, 1.82) is 0 Å². The third-order valence-electron chi connectivity index (χ3n) is 5.89. The smallest absolute Gasteiger partial charge is 0.326 e. The number of aliphatic carboxylic acids is 1. The molecule has 2 aromatic rings. The number of aliphatic hydroxyl groups excluding tert-OH is 2. The van der Waals surface area contributed by atoms with Gasteiger partial charge in [-0.1, -0.05) is 18.2 Å². The number of nitrogens with two attached hydrogens (primary N) is 2. The highest BCUT2D eigenvalue weighted by Crippen LogP contribution is 2.19. The number of unbranched alkanes of at least 4 members (excludes halogenated alkanes) is 1. The zero-order valence-corrected chi connectivity index (χ0v) is 20.6. The molecule has 0 aliphatic heterocycles. The minimum atomic E-state index is -1.50. The fourth-order valence-electron chi connectivity index (χ4n) is 3.76. The van der Waals surface area contributed by atoms with Crippen LogP contribution in [0.15, 0.2) is 30.5 Å². The van der Waals surface area contributed by atoms with Gasteiger partial charge in [0.05, 0.1) is 12.7 Å². The molecule has 0 aliphatic carbocycles. The van der Waals surface area contributed by atoms with Crippen molar-refractivity contribution in [2.45, 2.75) is 62.9 Å². The second-order valence-electron chi connectivity index (χ2n) is 8.82. The fraction of sp³-hybridized carbons (Fsp3) is 0.500. The molecule has 37 heavy (non-hydrogen) atoms. The van der Waals surface area contributed by atoms with Gasteiger partial charge in [-0.05, 0) is 44.4 Å². The van der Waals surface area contributed by atoms with Crippen molar-refractivity contribution in [3.8, 4) is 0 Å². The van der Waals surface area contributed by atoms with E-state index in [0.29, 0.717) is 24.9 Å². The monoisotopic (exact) mass is 520 g/mol. The summed E-state index contributed by atoms with van der Waals surface area (Å²) in [5.74, 6) is -3.74. The number of para-hydroxylation sites is 1. The Labute approximate surface area is 214 Å². The topological polar surface area (TPSA) is 233 Å². The maximum atomic E-state index is 13.0. The number of hydrogen-bond donors (Lipinski definition) is 9. The third-order valence-corrected chi connectivity index (χ3v) is 5.89. The van der Waals surface area contributed by atoms with E-state index in [1.807, 2.05) is 24.3 Å². The molecule has 0 fully saturated rings. The van der Waals surface area contributed by atoms with E-state index in [2.05, 4.69) is 20.9 Å². The highest BCUT2D eigenvalue weighted by atomic mass is 16.4. The largest absolute Gasteiger partial charge is 0.480 e. The number of carboxylic acids is 1. The van der Waals surface area contributed by atoms with Gasteiger partial charge in [0.2, 0.25) is 17.7 Å². The molecule has 204 valence electrons. The Balaban J connectivity index is 2.14. The Hall–Kier alpha value is -3.52. The van der Waals surface area contributed by atoms with Gasteiger partial charge in [0.25, 0.3) is 0 Å². The molecule has 13 heteroatoms. The van der Waals surface area contributed by atoms with E-state index in [0.717, 1.165) is 10.9 Å². The van der Waals surface area contributed by atoms with Crippen molar-refractivity contribution >= 4 is 34.6 Å². The number of carbonyl (C=O) groups is 4. The predicted molar refractivity (Wildman–Crippen MR) is 135 cm³/mol. The Morgan fingerprint density at radius 2 is 1.68 bits per heavy atom. The summed E-state index contributed by atoms with van der Waals surface area (Å²) in [4.78, 5) is 53.0. The molecule has 0 radical (unpaired) electrons. The molecule has 1 heterocycles. The average molecular weight is 521 g/mol. The first kappa shape index (κ1) is 29.7. The van der Waals surface area contributed by atoms with Crippen molar-refractivity contribution in [3.05, 3.63) is 36.0 Å². The van der Waals surface area contributed by atoms with Crippen LogP contribution >= 0.6 is 0 Å². The van der Waals surface area contributed by atoms with E-state index in [1.165, 1.54) is 6.92 Å². The Kier molecular flexibility index (Phi) is 11.5. The number of nitrogens with one attached hydrogen (secondary N) is 4. The molecule has 0 aliphatic rings. The molecule has 3 amide bonds. The van der Waals surface area contributed by atoms with Crippen molar-refractivity contribution in [2.24, 2.45) is 11.5 Å². The SMILES string of the molecule is CC(O)C(NC(=O)C(CCCCN)NC(=O)C(N)CO)C(=O)NC(Cc1c[nH]c2ccccc12)C(=O)O. The first-order valence-corrected chi connectivity index (χ1v) is 12.0. The molecule has 2 rings (SSSR count). The first-order valence-electron chi connectivity index (χ1n) is 12.0. The van der Waals surface area contributed by atoms with E-state index in [-0.39, 0.29) is 12.8 Å². The minimum Gasteiger partial charge on any atom is -0.480 e. The lowest BCUT2D eigenvalue weighted by Gasteiger charge is -2.26. The molecular formula is C24H36N6O7. The summed E-state index contributed by atoms with van der Waals surface area (Å²) in [7, 11) is 0. The van der Waals surface area contributed by atoms with Crippen molar-refractivity contribution in [1.82, 2.24) is 20.9 Å². The first-order chi connectivity index (χ1) is 17.6. The van der Waals surface area contributed by atoms with E-state index in [9.17, 15) is 29.4 Å². The van der Waals surface area contributed by atoms with Crippen molar-refractivity contribution in [3.63, 3.8) is 0 Å². The Bertz CT molecular complexity index is 1070. The number of carbonyl (C=O) groups excluding carboxylic acids is 3. The van der Waals surface area contributed by atoms with Crippen molar-refractivity contribution in [2.75, 3.05) is 13.2 Å². The van der Waals surface area contributed by atoms with Crippen LogP contribution in [-0.4, -0.2) is 87.4 Å². The lowest BCUT2D eigenvalue weighted by atomic mass is 10.0. The Morgan fingerprint density at radius 1 is 1.00 bits per heavy atom. The van der Waals surface area contributed by atoms with Gasteiger partial charge in [0.15, 0.2) is 0 Å². The standard InChI is InChI=1S/C24H36N6O7/c1-13(32)20(30-22(34)18(8-4-5-9-25)28-21(33)16(26)12-31)23(35)29-19(24(36)37)10-14-11-27-17-7-3-2-6-15(14)17/h2-3,6-7,11,13,16,18-20,27,31-32H,4-5,8-10,12,25-26H2,1H3,(H,28,33)(H,29,35)(H,30,34)(H,36,37). The van der Waals surface area contributed by atoms with Crippen LogP contribution < -0.4 is 27.4 Å². The Morgan fingerprint density at radius 3 is 2.30 bits per heavy atom. The lowest BCUT2D eigenvalue weighted by molar-refractivity contribution is -0.143. The molecular weight excluding hydrogens is 484 g/mol. The van der Waals surface area contributed by atoms with E-state index in [1.54, 1.807) is 6.20 Å². The summed E-state index contributed by atoms with van der Waals surface area (Å²) < 4.78 is 0. The number of aromatic nitrogens is 1. The number of aliphatic hydroxyl groups is 2. The van der Waals surface area contributed by atoms with Crippen LogP contribution in [0.3, 0.4) is 0 Å². The number of amides is 3. The van der Waals surface area contributed by atoms with Crippen LogP contribution in [0.5, 0.6) is 0 Å². The van der Waals surface area contributed by atoms with E-state index in [4.69, 9.17) is 16.6 Å². The third kappa shape index (κ3) is 8.53. The lowest BCUT2D eigenvalue weighted by Crippen LogP contribution is -2.60. The van der Waals surface area contributed by atoms with Gasteiger partial charge in [0.1, 0.15) is 24.2 Å². The number of rotatable bonds is 15. The molecule has 0 spiro atoms. The van der Waals surface area contributed by atoms with Gasteiger partial charge in [-0.15, -0.1) is 0 Å². The van der Waals surface area contributed by atoms with Gasteiger partial charge in [-0.25, -0.2) is 4.79 Å². The van der Waals surface area contributed by atoms with Crippen LogP contribution in [0.1, 0.15) is 31.7 Å². The van der Waals surface area contributed by atoms with Crippen molar-refractivity contribution < 1.29 is 34.5 Å². The number of carboxylic acid groups (broad SMARTS) is 1. The number of benzene rings is 1. The zero-order chi connectivity index (χ0) is 27.5. The summed E-state index contributed by atoms with van der Waals surface area (Å²) in [5.41, 5.74) is 12.5. The van der Waals surface area contributed by atoms with Gasteiger partial charge >= 0.3 is 5.97 Å². The van der Waals surface area contributed by atoms with Crippen LogP contribution in [0.25, 0.3) is 10.9 Å². The molecule has 5 atom stereocenters.